The lowest BCUT2D eigenvalue weighted by Gasteiger charge is -2.35. The highest BCUT2D eigenvalue weighted by Crippen LogP contribution is 2.37. The van der Waals surface area contributed by atoms with Gasteiger partial charge >= 0.3 is 0 Å². The van der Waals surface area contributed by atoms with Gasteiger partial charge in [0.05, 0.1) is 5.56 Å². The lowest BCUT2D eigenvalue weighted by molar-refractivity contribution is 0.100. The van der Waals surface area contributed by atoms with E-state index in [4.69, 9.17) is 5.73 Å². The van der Waals surface area contributed by atoms with E-state index in [9.17, 15) is 9.90 Å². The summed E-state index contributed by atoms with van der Waals surface area (Å²) in [5.41, 5.74) is 7.70. The Morgan fingerprint density at radius 3 is 2.71 bits per heavy atom. The van der Waals surface area contributed by atoms with Crippen molar-refractivity contribution >= 4 is 11.7 Å². The van der Waals surface area contributed by atoms with Crippen LogP contribution in [0.1, 0.15) is 52.0 Å². The molecule has 0 radical (unpaired) electrons. The number of aliphatic hydroxyl groups is 1. The van der Waals surface area contributed by atoms with E-state index in [1.54, 1.807) is 6.07 Å². The molecule has 4 N–H and O–H groups in total. The second-order valence-corrected chi connectivity index (χ2v) is 6.35. The van der Waals surface area contributed by atoms with Crippen LogP contribution in [-0.4, -0.2) is 36.8 Å². The SMILES string of the molecule is Cc1cc(C(N)=O)c(NC2CC(c3nnc(CO)n3C)C2)nc1C. The predicted octanol–water partition coefficient (Wildman–Crippen LogP) is 0.776. The quantitative estimate of drug-likeness (QED) is 0.745. The molecule has 0 atom stereocenters. The summed E-state index contributed by atoms with van der Waals surface area (Å²) < 4.78 is 1.84. The number of nitrogens with zero attached hydrogens (tertiary/aromatic N) is 4. The molecule has 0 aromatic carbocycles. The van der Waals surface area contributed by atoms with Gasteiger partial charge in [0.25, 0.3) is 5.91 Å². The molecule has 0 spiro atoms. The molecule has 2 heterocycles. The van der Waals surface area contributed by atoms with Crippen molar-refractivity contribution in [3.8, 4) is 0 Å². The van der Waals surface area contributed by atoms with Gasteiger partial charge in [-0.25, -0.2) is 4.98 Å². The van der Waals surface area contributed by atoms with Gasteiger partial charge in [0.2, 0.25) is 0 Å². The van der Waals surface area contributed by atoms with E-state index in [1.807, 2.05) is 25.5 Å². The number of aromatic nitrogens is 4. The zero-order valence-electron chi connectivity index (χ0n) is 14.1. The number of anilines is 1. The monoisotopic (exact) mass is 330 g/mol. The molecular formula is C16H22N6O2. The van der Waals surface area contributed by atoms with Crippen molar-refractivity contribution in [1.29, 1.82) is 0 Å². The highest BCUT2D eigenvalue weighted by atomic mass is 16.3. The minimum atomic E-state index is -0.482. The van der Waals surface area contributed by atoms with Crippen LogP contribution < -0.4 is 11.1 Å². The zero-order chi connectivity index (χ0) is 17.4. The minimum Gasteiger partial charge on any atom is -0.388 e. The van der Waals surface area contributed by atoms with Gasteiger partial charge < -0.3 is 20.7 Å². The fourth-order valence-electron chi connectivity index (χ4n) is 3.01. The summed E-state index contributed by atoms with van der Waals surface area (Å²) in [6.07, 6.45) is 1.73. The molecular weight excluding hydrogens is 308 g/mol. The fourth-order valence-corrected chi connectivity index (χ4v) is 3.01. The van der Waals surface area contributed by atoms with Crippen molar-refractivity contribution in [2.24, 2.45) is 12.8 Å². The molecule has 2 aromatic heterocycles. The Balaban J connectivity index is 1.70. The zero-order valence-corrected chi connectivity index (χ0v) is 14.1. The summed E-state index contributed by atoms with van der Waals surface area (Å²) in [6, 6.07) is 1.98. The maximum absolute atomic E-state index is 11.6. The number of carbonyl (C=O) groups is 1. The van der Waals surface area contributed by atoms with Gasteiger partial charge in [0.1, 0.15) is 18.2 Å². The average molecular weight is 330 g/mol. The first-order chi connectivity index (χ1) is 11.4. The van der Waals surface area contributed by atoms with E-state index in [-0.39, 0.29) is 18.6 Å². The van der Waals surface area contributed by atoms with Crippen LogP contribution in [0.5, 0.6) is 0 Å². The Bertz CT molecular complexity index is 779. The fraction of sp³-hybridized carbons (Fsp3) is 0.500. The lowest BCUT2D eigenvalue weighted by atomic mass is 9.79. The number of hydrogen-bond donors (Lipinski definition) is 3. The molecule has 128 valence electrons. The van der Waals surface area contributed by atoms with Crippen molar-refractivity contribution in [3.05, 3.63) is 34.5 Å². The van der Waals surface area contributed by atoms with E-state index in [0.717, 1.165) is 29.9 Å². The first-order valence-corrected chi connectivity index (χ1v) is 7.94. The third kappa shape index (κ3) is 2.84. The van der Waals surface area contributed by atoms with Crippen LogP contribution in [0, 0.1) is 13.8 Å². The van der Waals surface area contributed by atoms with Gasteiger partial charge in [0, 0.05) is 24.7 Å². The highest BCUT2D eigenvalue weighted by Gasteiger charge is 2.34. The summed E-state index contributed by atoms with van der Waals surface area (Å²) >= 11 is 0. The minimum absolute atomic E-state index is 0.119. The number of pyridine rings is 1. The van der Waals surface area contributed by atoms with Gasteiger partial charge in [-0.2, -0.15) is 0 Å². The van der Waals surface area contributed by atoms with E-state index in [0.29, 0.717) is 17.2 Å². The van der Waals surface area contributed by atoms with Gasteiger partial charge in [-0.3, -0.25) is 4.79 Å². The number of carbonyl (C=O) groups excluding carboxylic acids is 1. The first-order valence-electron chi connectivity index (χ1n) is 7.94. The molecule has 0 saturated heterocycles. The largest absolute Gasteiger partial charge is 0.388 e. The molecule has 24 heavy (non-hydrogen) atoms. The Morgan fingerprint density at radius 2 is 2.12 bits per heavy atom. The smallest absolute Gasteiger partial charge is 0.252 e. The molecule has 0 bridgehead atoms. The summed E-state index contributed by atoms with van der Waals surface area (Å²) in [6.45, 7) is 3.70. The molecule has 1 aliphatic rings. The Kier molecular flexibility index (Phi) is 4.23. The molecule has 1 aliphatic carbocycles. The standard InChI is InChI=1S/C16H22N6O2/c1-8-4-12(14(17)24)15(18-9(8)2)19-11-5-10(6-11)16-21-20-13(7-23)22(16)3/h4,10-11,23H,5-7H2,1-3H3,(H2,17,24)(H,18,19). The first kappa shape index (κ1) is 16.4. The summed E-state index contributed by atoms with van der Waals surface area (Å²) in [4.78, 5) is 16.1. The summed E-state index contributed by atoms with van der Waals surface area (Å²) in [7, 11) is 1.86. The third-order valence-corrected chi connectivity index (χ3v) is 4.72. The molecule has 0 aliphatic heterocycles. The van der Waals surface area contributed by atoms with E-state index in [1.165, 1.54) is 0 Å². The van der Waals surface area contributed by atoms with Crippen molar-refractivity contribution in [2.75, 3.05) is 5.32 Å². The van der Waals surface area contributed by atoms with Crippen LogP contribution in [0.3, 0.4) is 0 Å². The molecule has 3 rings (SSSR count). The van der Waals surface area contributed by atoms with E-state index in [2.05, 4.69) is 20.5 Å². The molecule has 8 nitrogen and oxygen atoms in total. The van der Waals surface area contributed by atoms with Crippen LogP contribution in [0.25, 0.3) is 0 Å². The van der Waals surface area contributed by atoms with Crippen LogP contribution in [0.15, 0.2) is 6.07 Å². The topological polar surface area (TPSA) is 119 Å². The number of nitrogens with two attached hydrogens (primary N) is 1. The highest BCUT2D eigenvalue weighted by molar-refractivity contribution is 5.97. The second kappa shape index (κ2) is 6.20. The third-order valence-electron chi connectivity index (χ3n) is 4.72. The van der Waals surface area contributed by atoms with Crippen molar-refractivity contribution < 1.29 is 9.90 Å². The lowest BCUT2D eigenvalue weighted by Crippen LogP contribution is -2.36. The molecule has 1 amide bonds. The van der Waals surface area contributed by atoms with Crippen molar-refractivity contribution in [2.45, 2.75) is 45.3 Å². The normalized spacial score (nSPS) is 19.8. The van der Waals surface area contributed by atoms with Gasteiger partial charge in [-0.15, -0.1) is 10.2 Å². The van der Waals surface area contributed by atoms with E-state index >= 15 is 0 Å². The Labute approximate surface area is 140 Å². The maximum atomic E-state index is 11.6. The summed E-state index contributed by atoms with van der Waals surface area (Å²) in [5, 5.41) is 20.6. The van der Waals surface area contributed by atoms with Gasteiger partial charge in [-0.05, 0) is 38.3 Å². The number of aliphatic hydroxyl groups excluding tert-OH is 1. The second-order valence-electron chi connectivity index (χ2n) is 6.35. The number of hydrogen-bond acceptors (Lipinski definition) is 6. The van der Waals surface area contributed by atoms with Crippen LogP contribution in [0.4, 0.5) is 5.82 Å². The predicted molar refractivity (Wildman–Crippen MR) is 88.5 cm³/mol. The molecule has 1 fully saturated rings. The number of nitrogens with one attached hydrogen (secondary N) is 1. The van der Waals surface area contributed by atoms with Crippen molar-refractivity contribution in [3.63, 3.8) is 0 Å². The van der Waals surface area contributed by atoms with Gasteiger partial charge in [0.15, 0.2) is 5.82 Å². The molecule has 2 aromatic rings. The van der Waals surface area contributed by atoms with Crippen LogP contribution in [0.2, 0.25) is 0 Å². The Morgan fingerprint density at radius 1 is 1.42 bits per heavy atom. The van der Waals surface area contributed by atoms with E-state index < -0.39 is 5.91 Å². The molecule has 1 saturated carbocycles. The number of aryl methyl sites for hydroxylation is 2. The maximum Gasteiger partial charge on any atom is 0.252 e. The van der Waals surface area contributed by atoms with Crippen LogP contribution in [-0.2, 0) is 13.7 Å². The molecule has 8 heteroatoms. The Hall–Kier alpha value is -2.48. The number of primary amides is 1. The number of amides is 1. The average Bonchev–Trinajstić information content (AvgIpc) is 2.86. The van der Waals surface area contributed by atoms with Crippen LogP contribution >= 0.6 is 0 Å². The summed E-state index contributed by atoms with van der Waals surface area (Å²) in [5.74, 6) is 1.78. The van der Waals surface area contributed by atoms with Gasteiger partial charge in [-0.1, -0.05) is 0 Å². The number of rotatable bonds is 5. The van der Waals surface area contributed by atoms with Crippen molar-refractivity contribution in [1.82, 2.24) is 19.7 Å². The molecule has 0 unspecified atom stereocenters.